The number of ether oxygens (including phenoxy) is 2. The van der Waals surface area contributed by atoms with Crippen LogP contribution in [-0.2, 0) is 9.47 Å². The molecule has 0 aromatic carbocycles. The first-order valence-electron chi connectivity index (χ1n) is 5.85. The van der Waals surface area contributed by atoms with Gasteiger partial charge >= 0.3 is 0 Å². The zero-order valence-corrected chi connectivity index (χ0v) is 10.7. The molecule has 0 aromatic heterocycles. The Bertz CT molecular complexity index is 192. The summed E-state index contributed by atoms with van der Waals surface area (Å²) in [5.41, 5.74) is 0.304. The van der Waals surface area contributed by atoms with Gasteiger partial charge in [0.25, 0.3) is 0 Å². The lowest BCUT2D eigenvalue weighted by Gasteiger charge is -2.30. The van der Waals surface area contributed by atoms with Crippen LogP contribution >= 0.6 is 0 Å². The predicted molar refractivity (Wildman–Crippen MR) is 61.8 cm³/mol. The molecule has 1 aliphatic heterocycles. The van der Waals surface area contributed by atoms with E-state index >= 15 is 0 Å². The molecule has 0 aromatic rings. The fraction of sp³-hybridized carbons (Fsp3) is 1.00. The van der Waals surface area contributed by atoms with Crippen molar-refractivity contribution in [1.29, 1.82) is 0 Å². The lowest BCUT2D eigenvalue weighted by Crippen LogP contribution is -2.40. The topological polar surface area (TPSA) is 30.5 Å². The Morgan fingerprint density at radius 3 is 2.27 bits per heavy atom. The molecule has 0 radical (unpaired) electrons. The molecule has 3 heteroatoms. The Labute approximate surface area is 93.5 Å². The molecule has 0 aliphatic carbocycles. The van der Waals surface area contributed by atoms with E-state index in [9.17, 15) is 0 Å². The highest BCUT2D eigenvalue weighted by molar-refractivity contribution is 4.77. The lowest BCUT2D eigenvalue weighted by atomic mass is 9.88. The molecule has 1 heterocycles. The third-order valence-electron chi connectivity index (χ3n) is 3.23. The van der Waals surface area contributed by atoms with Crippen LogP contribution in [0.1, 0.15) is 41.0 Å². The van der Waals surface area contributed by atoms with Crippen LogP contribution in [0.5, 0.6) is 0 Å². The average molecular weight is 215 g/mol. The largest absolute Gasteiger partial charge is 0.348 e. The summed E-state index contributed by atoms with van der Waals surface area (Å²) in [5.74, 6) is -0.357. The molecule has 1 rings (SSSR count). The van der Waals surface area contributed by atoms with Gasteiger partial charge < -0.3 is 14.8 Å². The van der Waals surface area contributed by atoms with Gasteiger partial charge in [-0.05, 0) is 19.3 Å². The Kier molecular flexibility index (Phi) is 4.15. The summed E-state index contributed by atoms with van der Waals surface area (Å²) in [5, 5.41) is 3.51. The van der Waals surface area contributed by atoms with Crippen LogP contribution in [0.2, 0.25) is 0 Å². The minimum absolute atomic E-state index is 0.304. The third-order valence-corrected chi connectivity index (χ3v) is 3.23. The summed E-state index contributed by atoms with van der Waals surface area (Å²) in [7, 11) is 0. The van der Waals surface area contributed by atoms with E-state index in [-0.39, 0.29) is 5.79 Å². The first kappa shape index (κ1) is 12.9. The van der Waals surface area contributed by atoms with E-state index in [2.05, 4.69) is 33.0 Å². The van der Waals surface area contributed by atoms with E-state index in [4.69, 9.17) is 9.47 Å². The number of rotatable bonds is 4. The van der Waals surface area contributed by atoms with Crippen LogP contribution < -0.4 is 5.32 Å². The Balaban J connectivity index is 2.21. The molecule has 1 atom stereocenters. The van der Waals surface area contributed by atoms with Crippen molar-refractivity contribution >= 4 is 0 Å². The van der Waals surface area contributed by atoms with Crippen LogP contribution in [0.3, 0.4) is 0 Å². The van der Waals surface area contributed by atoms with Crippen LogP contribution in [0.25, 0.3) is 0 Å². The first-order valence-corrected chi connectivity index (χ1v) is 5.85. The van der Waals surface area contributed by atoms with Crippen LogP contribution in [0.15, 0.2) is 0 Å². The van der Waals surface area contributed by atoms with Crippen molar-refractivity contribution in [3.63, 3.8) is 0 Å². The molecule has 0 spiro atoms. The average Bonchev–Trinajstić information content (AvgIpc) is 2.50. The summed E-state index contributed by atoms with van der Waals surface area (Å²) in [6.45, 7) is 13.4. The maximum Gasteiger partial charge on any atom is 0.166 e. The molecule has 3 nitrogen and oxygen atoms in total. The molecule has 1 unspecified atom stereocenters. The molecule has 0 saturated carbocycles. The van der Waals surface area contributed by atoms with Crippen LogP contribution in [0.4, 0.5) is 0 Å². The lowest BCUT2D eigenvalue weighted by molar-refractivity contribution is -0.146. The van der Waals surface area contributed by atoms with Crippen molar-refractivity contribution < 1.29 is 9.47 Å². The van der Waals surface area contributed by atoms with E-state index in [1.165, 1.54) is 0 Å². The molecule has 1 aliphatic rings. The van der Waals surface area contributed by atoms with Crippen molar-refractivity contribution in [3.05, 3.63) is 0 Å². The van der Waals surface area contributed by atoms with Gasteiger partial charge in [0.15, 0.2) is 5.79 Å². The van der Waals surface area contributed by atoms with Crippen LogP contribution in [0, 0.1) is 5.41 Å². The van der Waals surface area contributed by atoms with Crippen LogP contribution in [-0.4, -0.2) is 31.6 Å². The highest BCUT2D eigenvalue weighted by Gasteiger charge is 2.30. The van der Waals surface area contributed by atoms with Gasteiger partial charge in [-0.1, -0.05) is 20.8 Å². The van der Waals surface area contributed by atoms with E-state index < -0.39 is 0 Å². The smallest absolute Gasteiger partial charge is 0.166 e. The minimum atomic E-state index is -0.357. The SMILES string of the molecule is CC(NCCC1(C)OCCO1)C(C)(C)C. The molecule has 90 valence electrons. The van der Waals surface area contributed by atoms with Crippen molar-refractivity contribution in [1.82, 2.24) is 5.32 Å². The van der Waals surface area contributed by atoms with Gasteiger partial charge in [0, 0.05) is 19.0 Å². The zero-order valence-electron chi connectivity index (χ0n) is 10.7. The zero-order chi connectivity index (χ0) is 11.5. The van der Waals surface area contributed by atoms with Gasteiger partial charge in [0.2, 0.25) is 0 Å². The van der Waals surface area contributed by atoms with Gasteiger partial charge in [-0.25, -0.2) is 0 Å². The molecule has 1 saturated heterocycles. The summed E-state index contributed by atoms with van der Waals surface area (Å²) in [6, 6.07) is 0.502. The summed E-state index contributed by atoms with van der Waals surface area (Å²) in [4.78, 5) is 0. The van der Waals surface area contributed by atoms with Gasteiger partial charge in [-0.15, -0.1) is 0 Å². The van der Waals surface area contributed by atoms with E-state index in [1.807, 2.05) is 6.92 Å². The van der Waals surface area contributed by atoms with E-state index in [1.54, 1.807) is 0 Å². The maximum absolute atomic E-state index is 5.55. The van der Waals surface area contributed by atoms with Crippen molar-refractivity contribution in [2.45, 2.75) is 52.9 Å². The highest BCUT2D eigenvalue weighted by Crippen LogP contribution is 2.23. The molecule has 0 bridgehead atoms. The molecular weight excluding hydrogens is 190 g/mol. The van der Waals surface area contributed by atoms with Crippen molar-refractivity contribution in [2.75, 3.05) is 19.8 Å². The van der Waals surface area contributed by atoms with Crippen molar-refractivity contribution in [2.24, 2.45) is 5.41 Å². The molecular formula is C12H25NO2. The summed E-state index contributed by atoms with van der Waals surface area (Å²) in [6.07, 6.45) is 0.910. The molecule has 0 amide bonds. The maximum atomic E-state index is 5.55. The summed E-state index contributed by atoms with van der Waals surface area (Å²) < 4.78 is 11.1. The molecule has 1 N–H and O–H groups in total. The standard InChI is InChI=1S/C12H25NO2/c1-10(11(2,3)4)13-7-6-12(5)14-8-9-15-12/h10,13H,6-9H2,1-5H3. The molecule has 15 heavy (non-hydrogen) atoms. The Hall–Kier alpha value is -0.120. The quantitative estimate of drug-likeness (QED) is 0.779. The second kappa shape index (κ2) is 4.81. The Morgan fingerprint density at radius 2 is 1.80 bits per heavy atom. The first-order chi connectivity index (χ1) is 6.83. The second-order valence-electron chi connectivity index (χ2n) is 5.62. The van der Waals surface area contributed by atoms with Gasteiger partial charge in [-0.2, -0.15) is 0 Å². The second-order valence-corrected chi connectivity index (χ2v) is 5.62. The monoisotopic (exact) mass is 215 g/mol. The normalized spacial score (nSPS) is 23.0. The van der Waals surface area contributed by atoms with Crippen molar-refractivity contribution in [3.8, 4) is 0 Å². The van der Waals surface area contributed by atoms with E-state index in [0.29, 0.717) is 11.5 Å². The predicted octanol–water partition coefficient (Wildman–Crippen LogP) is 2.16. The van der Waals surface area contributed by atoms with Gasteiger partial charge in [-0.3, -0.25) is 0 Å². The van der Waals surface area contributed by atoms with Gasteiger partial charge in [0.1, 0.15) is 0 Å². The number of nitrogens with one attached hydrogen (secondary N) is 1. The summed E-state index contributed by atoms with van der Waals surface area (Å²) >= 11 is 0. The fourth-order valence-corrected chi connectivity index (χ4v) is 1.52. The minimum Gasteiger partial charge on any atom is -0.348 e. The fourth-order valence-electron chi connectivity index (χ4n) is 1.52. The number of hydrogen-bond donors (Lipinski definition) is 1. The third kappa shape index (κ3) is 4.09. The van der Waals surface area contributed by atoms with E-state index in [0.717, 1.165) is 26.2 Å². The highest BCUT2D eigenvalue weighted by atomic mass is 16.7. The number of hydrogen-bond acceptors (Lipinski definition) is 3. The van der Waals surface area contributed by atoms with Gasteiger partial charge in [0.05, 0.1) is 13.2 Å². The molecule has 1 fully saturated rings. The Morgan fingerprint density at radius 1 is 1.27 bits per heavy atom.